The molecule has 1 heterocycles. The average molecular weight is 236 g/mol. The second kappa shape index (κ2) is 4.79. The molecule has 0 N–H and O–H groups in total. The van der Waals surface area contributed by atoms with Crippen molar-refractivity contribution in [3.63, 3.8) is 0 Å². The molecule has 2 aromatic carbocycles. The van der Waals surface area contributed by atoms with Crippen LogP contribution in [0.5, 0.6) is 0 Å². The second-order valence-electron chi connectivity index (χ2n) is 4.62. The Kier molecular flexibility index (Phi) is 2.99. The normalized spacial score (nSPS) is 20.7. The van der Waals surface area contributed by atoms with Gasteiger partial charge in [-0.2, -0.15) is 0 Å². The minimum absolute atomic E-state index is 0.153. The van der Waals surface area contributed by atoms with Crippen molar-refractivity contribution < 1.29 is 4.74 Å². The predicted molar refractivity (Wildman–Crippen MR) is 75.0 cm³/mol. The largest absolute Gasteiger partial charge is 0.369 e. The van der Waals surface area contributed by atoms with Crippen molar-refractivity contribution in [2.45, 2.75) is 19.6 Å². The zero-order chi connectivity index (χ0) is 12.4. The maximum absolute atomic E-state index is 5.82. The quantitative estimate of drug-likeness (QED) is 0.723. The topological polar surface area (TPSA) is 9.23 Å². The van der Waals surface area contributed by atoms with Crippen LogP contribution in [0.25, 0.3) is 11.6 Å². The first kappa shape index (κ1) is 11.2. The molecule has 0 aliphatic carbocycles. The van der Waals surface area contributed by atoms with Crippen molar-refractivity contribution in [2.75, 3.05) is 0 Å². The zero-order valence-corrected chi connectivity index (χ0v) is 10.5. The van der Waals surface area contributed by atoms with E-state index in [-0.39, 0.29) is 6.10 Å². The Morgan fingerprint density at radius 1 is 1.00 bits per heavy atom. The Labute approximate surface area is 108 Å². The highest BCUT2D eigenvalue weighted by molar-refractivity contribution is 5.85. The highest BCUT2D eigenvalue weighted by atomic mass is 16.5. The van der Waals surface area contributed by atoms with Crippen molar-refractivity contribution in [3.05, 3.63) is 71.3 Å². The molecule has 2 aromatic rings. The maximum Gasteiger partial charge on any atom is 0.0807 e. The van der Waals surface area contributed by atoms with Gasteiger partial charge in [-0.3, -0.25) is 0 Å². The molecule has 1 aliphatic heterocycles. The number of benzene rings is 2. The van der Waals surface area contributed by atoms with Crippen molar-refractivity contribution in [1.82, 2.24) is 0 Å². The standard InChI is InChI=1S/C17H16O/c1-13-17(11-14-7-3-2-4-8-14)16-10-6-5-9-15(16)12-18-13/h2-11,13H,12H2,1H3/b17-11+. The molecule has 1 aliphatic rings. The molecule has 0 amide bonds. The van der Waals surface area contributed by atoms with E-state index in [4.69, 9.17) is 4.74 Å². The van der Waals surface area contributed by atoms with Crippen molar-refractivity contribution in [1.29, 1.82) is 0 Å². The van der Waals surface area contributed by atoms with Gasteiger partial charge < -0.3 is 4.74 Å². The van der Waals surface area contributed by atoms with Gasteiger partial charge in [0.15, 0.2) is 0 Å². The summed E-state index contributed by atoms with van der Waals surface area (Å²) in [5.41, 5.74) is 5.08. The molecule has 1 nitrogen and oxygen atoms in total. The summed E-state index contributed by atoms with van der Waals surface area (Å²) in [4.78, 5) is 0. The van der Waals surface area contributed by atoms with Crippen LogP contribution in [0.4, 0.5) is 0 Å². The van der Waals surface area contributed by atoms with Crippen LogP contribution < -0.4 is 0 Å². The Balaban J connectivity index is 2.08. The lowest BCUT2D eigenvalue weighted by Gasteiger charge is -2.25. The van der Waals surface area contributed by atoms with Gasteiger partial charge in [0, 0.05) is 0 Å². The van der Waals surface area contributed by atoms with E-state index in [1.165, 1.54) is 22.3 Å². The molecular weight excluding hydrogens is 220 g/mol. The van der Waals surface area contributed by atoms with Gasteiger partial charge in [0.05, 0.1) is 12.7 Å². The molecular formula is C17H16O. The Morgan fingerprint density at radius 2 is 1.72 bits per heavy atom. The molecule has 1 unspecified atom stereocenters. The highest BCUT2D eigenvalue weighted by Gasteiger charge is 2.20. The Hall–Kier alpha value is -1.86. The average Bonchev–Trinajstić information content (AvgIpc) is 2.43. The van der Waals surface area contributed by atoms with Crippen LogP contribution in [0.15, 0.2) is 54.6 Å². The number of fused-ring (bicyclic) bond motifs is 1. The number of hydrogen-bond donors (Lipinski definition) is 0. The summed E-state index contributed by atoms with van der Waals surface area (Å²) in [6, 6.07) is 18.9. The fraction of sp³-hybridized carbons (Fsp3) is 0.176. The van der Waals surface area contributed by atoms with E-state index in [0.717, 1.165) is 0 Å². The second-order valence-corrected chi connectivity index (χ2v) is 4.62. The van der Waals surface area contributed by atoms with Crippen LogP contribution in [-0.4, -0.2) is 6.10 Å². The van der Waals surface area contributed by atoms with Crippen LogP contribution in [-0.2, 0) is 11.3 Å². The summed E-state index contributed by atoms with van der Waals surface area (Å²) >= 11 is 0. The van der Waals surface area contributed by atoms with E-state index in [9.17, 15) is 0 Å². The predicted octanol–water partition coefficient (Wildman–Crippen LogP) is 4.15. The Bertz CT molecular complexity index is 569. The molecule has 90 valence electrons. The lowest BCUT2D eigenvalue weighted by molar-refractivity contribution is 0.0835. The first-order valence-corrected chi connectivity index (χ1v) is 6.31. The monoisotopic (exact) mass is 236 g/mol. The summed E-state index contributed by atoms with van der Waals surface area (Å²) in [7, 11) is 0. The van der Waals surface area contributed by atoms with E-state index >= 15 is 0 Å². The van der Waals surface area contributed by atoms with Crippen molar-refractivity contribution in [3.8, 4) is 0 Å². The van der Waals surface area contributed by atoms with Gasteiger partial charge in [0.1, 0.15) is 0 Å². The molecule has 0 radical (unpaired) electrons. The van der Waals surface area contributed by atoms with Crippen LogP contribution in [0.3, 0.4) is 0 Å². The summed E-state index contributed by atoms with van der Waals surface area (Å²) in [5, 5.41) is 0. The van der Waals surface area contributed by atoms with E-state index in [0.29, 0.717) is 6.61 Å². The molecule has 0 bridgehead atoms. The van der Waals surface area contributed by atoms with Crippen LogP contribution in [0.2, 0.25) is 0 Å². The molecule has 0 spiro atoms. The van der Waals surface area contributed by atoms with Crippen molar-refractivity contribution >= 4 is 11.6 Å². The maximum atomic E-state index is 5.82. The Morgan fingerprint density at radius 3 is 2.56 bits per heavy atom. The summed E-state index contributed by atoms with van der Waals surface area (Å²) in [6.45, 7) is 2.83. The third kappa shape index (κ3) is 2.09. The number of hydrogen-bond acceptors (Lipinski definition) is 1. The van der Waals surface area contributed by atoms with Gasteiger partial charge in [-0.25, -0.2) is 0 Å². The first-order chi connectivity index (χ1) is 8.84. The van der Waals surface area contributed by atoms with E-state index in [1.54, 1.807) is 0 Å². The van der Waals surface area contributed by atoms with E-state index < -0.39 is 0 Å². The lowest BCUT2D eigenvalue weighted by atomic mass is 9.92. The van der Waals surface area contributed by atoms with Crippen molar-refractivity contribution in [2.24, 2.45) is 0 Å². The van der Waals surface area contributed by atoms with E-state index in [2.05, 4.69) is 61.5 Å². The SMILES string of the molecule is CC1OCc2ccccc2/C1=C/c1ccccc1. The summed E-state index contributed by atoms with van der Waals surface area (Å²) in [5.74, 6) is 0. The molecule has 18 heavy (non-hydrogen) atoms. The molecule has 0 fully saturated rings. The van der Waals surface area contributed by atoms with Gasteiger partial charge in [-0.15, -0.1) is 0 Å². The molecule has 0 aromatic heterocycles. The van der Waals surface area contributed by atoms with Gasteiger partial charge in [0.25, 0.3) is 0 Å². The summed E-state index contributed by atoms with van der Waals surface area (Å²) in [6.07, 6.45) is 2.38. The van der Waals surface area contributed by atoms with Crippen LogP contribution in [0, 0.1) is 0 Å². The smallest absolute Gasteiger partial charge is 0.0807 e. The van der Waals surface area contributed by atoms with Gasteiger partial charge in [0.2, 0.25) is 0 Å². The molecule has 0 saturated carbocycles. The molecule has 0 saturated heterocycles. The third-order valence-electron chi connectivity index (χ3n) is 3.38. The summed E-state index contributed by atoms with van der Waals surface area (Å²) < 4.78 is 5.82. The zero-order valence-electron chi connectivity index (χ0n) is 10.5. The van der Waals surface area contributed by atoms with Gasteiger partial charge >= 0.3 is 0 Å². The molecule has 1 atom stereocenters. The first-order valence-electron chi connectivity index (χ1n) is 6.31. The number of rotatable bonds is 1. The third-order valence-corrected chi connectivity index (χ3v) is 3.38. The fourth-order valence-corrected chi connectivity index (χ4v) is 2.38. The molecule has 3 rings (SSSR count). The van der Waals surface area contributed by atoms with Crippen LogP contribution >= 0.6 is 0 Å². The molecule has 1 heteroatoms. The van der Waals surface area contributed by atoms with Gasteiger partial charge in [-0.1, -0.05) is 54.6 Å². The fourth-order valence-electron chi connectivity index (χ4n) is 2.38. The van der Waals surface area contributed by atoms with Crippen LogP contribution in [0.1, 0.15) is 23.6 Å². The van der Waals surface area contributed by atoms with Gasteiger partial charge in [-0.05, 0) is 35.3 Å². The number of ether oxygens (including phenoxy) is 1. The van der Waals surface area contributed by atoms with E-state index in [1.807, 2.05) is 6.07 Å². The highest BCUT2D eigenvalue weighted by Crippen LogP contribution is 2.31. The minimum atomic E-state index is 0.153. The lowest BCUT2D eigenvalue weighted by Crippen LogP contribution is -2.17. The minimum Gasteiger partial charge on any atom is -0.369 e.